The van der Waals surface area contributed by atoms with Crippen LogP contribution in [0, 0.1) is 18.8 Å². The molecule has 0 aliphatic carbocycles. The van der Waals surface area contributed by atoms with E-state index in [1.807, 2.05) is 6.07 Å². The molecule has 0 aromatic heterocycles. The Kier molecular flexibility index (Phi) is 4.71. The molecule has 0 N–H and O–H groups in total. The van der Waals surface area contributed by atoms with Crippen molar-refractivity contribution in [3.63, 3.8) is 0 Å². The minimum absolute atomic E-state index is 0.0669. The maximum absolute atomic E-state index is 12.5. The van der Waals surface area contributed by atoms with E-state index in [1.165, 1.54) is 11.1 Å². The average Bonchev–Trinajstić information content (AvgIpc) is 2.91. The van der Waals surface area contributed by atoms with Crippen LogP contribution in [0.15, 0.2) is 24.3 Å². The van der Waals surface area contributed by atoms with Gasteiger partial charge in [0.05, 0.1) is 11.0 Å². The molecule has 0 saturated carbocycles. The number of hydrogen-bond acceptors (Lipinski definition) is 4. The van der Waals surface area contributed by atoms with Gasteiger partial charge in [0.15, 0.2) is 9.84 Å². The molecule has 6 heteroatoms. The molecule has 3 atom stereocenters. The van der Waals surface area contributed by atoms with Crippen molar-refractivity contribution in [1.29, 1.82) is 0 Å². The minimum atomic E-state index is -3.10. The molecule has 24 heavy (non-hydrogen) atoms. The number of aryl methyl sites for hydroxylation is 1. The van der Waals surface area contributed by atoms with E-state index in [-0.39, 0.29) is 23.5 Å². The molecule has 0 spiro atoms. The largest absolute Gasteiger partial charge is 0.349 e. The predicted molar refractivity (Wildman–Crippen MR) is 94.3 cm³/mol. The lowest BCUT2D eigenvalue weighted by Crippen LogP contribution is -2.46. The van der Waals surface area contributed by atoms with Gasteiger partial charge in [-0.3, -0.25) is 9.69 Å². The highest BCUT2D eigenvalue weighted by Gasteiger charge is 2.50. The van der Waals surface area contributed by atoms with Crippen molar-refractivity contribution < 1.29 is 13.2 Å². The molecule has 3 rings (SSSR count). The number of nitrogens with zero attached hydrogens (tertiary/aromatic N) is 2. The van der Waals surface area contributed by atoms with Gasteiger partial charge in [0, 0.05) is 45.6 Å². The predicted octanol–water partition coefficient (Wildman–Crippen LogP) is 1.32. The number of benzene rings is 1. The molecule has 2 fully saturated rings. The molecule has 5 nitrogen and oxygen atoms in total. The summed E-state index contributed by atoms with van der Waals surface area (Å²) in [7, 11) is 0.402. The van der Waals surface area contributed by atoms with E-state index in [2.05, 4.69) is 30.0 Å². The number of hydrogen-bond donors (Lipinski definition) is 0. The molecule has 2 aliphatic rings. The maximum atomic E-state index is 12.5. The van der Waals surface area contributed by atoms with Crippen molar-refractivity contribution in [1.82, 2.24) is 9.80 Å². The quantitative estimate of drug-likeness (QED) is 0.825. The third-order valence-corrected chi connectivity index (χ3v) is 7.55. The Balaban J connectivity index is 1.80. The first-order valence-electron chi connectivity index (χ1n) is 8.48. The summed E-state index contributed by atoms with van der Waals surface area (Å²) in [4.78, 5) is 16.3. The monoisotopic (exact) mass is 350 g/mol. The zero-order valence-electron chi connectivity index (χ0n) is 14.6. The van der Waals surface area contributed by atoms with Gasteiger partial charge >= 0.3 is 0 Å². The number of carbonyl (C=O) groups excluding carboxylic acids is 1. The van der Waals surface area contributed by atoms with Crippen molar-refractivity contribution in [3.05, 3.63) is 35.4 Å². The third-order valence-electron chi connectivity index (χ3n) is 5.32. The van der Waals surface area contributed by atoms with Gasteiger partial charge in [0.25, 0.3) is 0 Å². The lowest BCUT2D eigenvalue weighted by Gasteiger charge is -2.33. The zero-order chi connectivity index (χ0) is 17.5. The number of likely N-dealkylation sites (tertiary alicyclic amines) is 1. The van der Waals surface area contributed by atoms with Gasteiger partial charge in [-0.2, -0.15) is 0 Å². The minimum Gasteiger partial charge on any atom is -0.349 e. The Bertz CT molecular complexity index is 730. The van der Waals surface area contributed by atoms with E-state index in [4.69, 9.17) is 0 Å². The molecule has 2 saturated heterocycles. The fourth-order valence-corrected chi connectivity index (χ4v) is 6.27. The first-order chi connectivity index (χ1) is 11.3. The van der Waals surface area contributed by atoms with Gasteiger partial charge in [-0.1, -0.05) is 29.8 Å². The average molecular weight is 350 g/mol. The van der Waals surface area contributed by atoms with Crippen LogP contribution in [-0.4, -0.2) is 62.3 Å². The van der Waals surface area contributed by atoms with Crippen molar-refractivity contribution in [3.8, 4) is 0 Å². The van der Waals surface area contributed by atoms with Gasteiger partial charge in [-0.05, 0) is 18.9 Å². The molecule has 1 aromatic carbocycles. The second-order valence-corrected chi connectivity index (χ2v) is 9.72. The molecule has 2 aliphatic heterocycles. The first kappa shape index (κ1) is 17.4. The van der Waals surface area contributed by atoms with Crippen molar-refractivity contribution >= 4 is 15.7 Å². The van der Waals surface area contributed by atoms with Crippen LogP contribution in [0.1, 0.15) is 17.5 Å². The third kappa shape index (κ3) is 3.35. The molecule has 1 amide bonds. The topological polar surface area (TPSA) is 57.7 Å². The summed E-state index contributed by atoms with van der Waals surface area (Å²) in [6.45, 7) is 4.02. The standard InChI is InChI=1S/C18H26N2O3S/c1-13-5-4-6-14(9-13)10-20-11-16-15(18(21)19(2)3)7-8-24(22,23)17(16)12-20/h4-6,9,15-17H,7-8,10-12H2,1-3H3/t15-,16+,17+/m0/s1. The molecule has 1 aromatic rings. The summed E-state index contributed by atoms with van der Waals surface area (Å²) < 4.78 is 25.0. The fourth-order valence-electron chi connectivity index (χ4n) is 4.14. The highest BCUT2D eigenvalue weighted by Crippen LogP contribution is 2.38. The Hall–Kier alpha value is -1.40. The number of rotatable bonds is 3. The van der Waals surface area contributed by atoms with Crippen LogP contribution in [0.25, 0.3) is 0 Å². The lowest BCUT2D eigenvalue weighted by atomic mass is 9.87. The van der Waals surface area contributed by atoms with Gasteiger partial charge in [0.1, 0.15) is 0 Å². The van der Waals surface area contributed by atoms with Crippen molar-refractivity contribution in [2.45, 2.75) is 25.1 Å². The lowest BCUT2D eigenvalue weighted by molar-refractivity contribution is -0.134. The molecule has 0 radical (unpaired) electrons. The van der Waals surface area contributed by atoms with E-state index in [1.54, 1.807) is 19.0 Å². The van der Waals surface area contributed by atoms with Crippen LogP contribution in [0.5, 0.6) is 0 Å². The fraction of sp³-hybridized carbons (Fsp3) is 0.611. The summed E-state index contributed by atoms with van der Waals surface area (Å²) in [5.41, 5.74) is 2.40. The maximum Gasteiger partial charge on any atom is 0.225 e. The van der Waals surface area contributed by atoms with E-state index >= 15 is 0 Å². The van der Waals surface area contributed by atoms with Crippen molar-refractivity contribution in [2.24, 2.45) is 11.8 Å². The van der Waals surface area contributed by atoms with Crippen LogP contribution in [0.4, 0.5) is 0 Å². The highest BCUT2D eigenvalue weighted by atomic mass is 32.2. The van der Waals surface area contributed by atoms with Gasteiger partial charge < -0.3 is 4.90 Å². The van der Waals surface area contributed by atoms with Crippen LogP contribution in [0.2, 0.25) is 0 Å². The second-order valence-electron chi connectivity index (χ2n) is 7.38. The number of fused-ring (bicyclic) bond motifs is 1. The molecule has 2 heterocycles. The highest BCUT2D eigenvalue weighted by molar-refractivity contribution is 7.92. The normalized spacial score (nSPS) is 29.2. The summed E-state index contributed by atoms with van der Waals surface area (Å²) in [5.74, 6) is -0.0479. The van der Waals surface area contributed by atoms with E-state index in [0.717, 1.165) is 6.54 Å². The van der Waals surface area contributed by atoms with Crippen LogP contribution >= 0.6 is 0 Å². The molecular formula is C18H26N2O3S. The summed E-state index contributed by atoms with van der Waals surface area (Å²) in [6, 6.07) is 8.30. The number of amides is 1. The van der Waals surface area contributed by atoms with Gasteiger partial charge in [0.2, 0.25) is 5.91 Å². The van der Waals surface area contributed by atoms with Gasteiger partial charge in [-0.25, -0.2) is 8.42 Å². The first-order valence-corrected chi connectivity index (χ1v) is 10.2. The Labute approximate surface area is 144 Å². The SMILES string of the molecule is Cc1cccc(CN2C[C@@H]3[C@@H](C(=O)N(C)C)CCS(=O)(=O)[C@@H]3C2)c1. The van der Waals surface area contributed by atoms with E-state index in [0.29, 0.717) is 19.5 Å². The van der Waals surface area contributed by atoms with Crippen molar-refractivity contribution in [2.75, 3.05) is 32.9 Å². The second kappa shape index (κ2) is 6.48. The van der Waals surface area contributed by atoms with Gasteiger partial charge in [-0.15, -0.1) is 0 Å². The number of sulfone groups is 1. The Morgan fingerprint density at radius 1 is 1.29 bits per heavy atom. The molecular weight excluding hydrogens is 324 g/mol. The number of carbonyl (C=O) groups is 1. The van der Waals surface area contributed by atoms with Crippen LogP contribution in [0.3, 0.4) is 0 Å². The van der Waals surface area contributed by atoms with Crippen LogP contribution in [-0.2, 0) is 21.2 Å². The summed E-state index contributed by atoms with van der Waals surface area (Å²) >= 11 is 0. The Morgan fingerprint density at radius 2 is 2.04 bits per heavy atom. The zero-order valence-corrected chi connectivity index (χ0v) is 15.4. The summed E-state index contributed by atoms with van der Waals surface area (Å²) in [6.07, 6.45) is 0.457. The summed E-state index contributed by atoms with van der Waals surface area (Å²) in [5, 5.41) is -0.398. The van der Waals surface area contributed by atoms with E-state index < -0.39 is 15.1 Å². The molecule has 0 bridgehead atoms. The Morgan fingerprint density at radius 3 is 2.71 bits per heavy atom. The smallest absolute Gasteiger partial charge is 0.225 e. The molecule has 132 valence electrons. The van der Waals surface area contributed by atoms with Crippen LogP contribution < -0.4 is 0 Å². The van der Waals surface area contributed by atoms with E-state index in [9.17, 15) is 13.2 Å². The molecule has 0 unspecified atom stereocenters.